The molecule has 0 aromatic carbocycles. The third kappa shape index (κ3) is 1.87. The maximum Gasteiger partial charge on any atom is 0.184 e. The van der Waals surface area contributed by atoms with Crippen molar-refractivity contribution in [2.24, 2.45) is 0 Å². The van der Waals surface area contributed by atoms with Crippen LogP contribution in [0.2, 0.25) is 0 Å². The highest BCUT2D eigenvalue weighted by atomic mass is 31.0. The van der Waals surface area contributed by atoms with E-state index in [9.17, 15) is 0 Å². The van der Waals surface area contributed by atoms with Crippen LogP contribution in [-0.2, 0) is 9.26 Å². The molecule has 5 atom stereocenters. The number of aliphatic hydroxyl groups excluding tert-OH is 3. The zero-order valence-electron chi connectivity index (χ0n) is 5.75. The predicted octanol–water partition coefficient (Wildman–Crippen LogP) is -1.77. The molecule has 1 heterocycles. The van der Waals surface area contributed by atoms with Gasteiger partial charge in [0, 0.05) is 9.47 Å². The summed E-state index contributed by atoms with van der Waals surface area (Å²) in [5, 5.41) is 27.0. The normalized spacial score (nSPS) is 44.7. The highest BCUT2D eigenvalue weighted by Crippen LogP contribution is 2.19. The van der Waals surface area contributed by atoms with E-state index < -0.39 is 24.6 Å². The molecule has 11 heavy (non-hydrogen) atoms. The molecule has 0 amide bonds. The summed E-state index contributed by atoms with van der Waals surface area (Å²) in [6.07, 6.45) is -4.28. The molecule has 0 aromatic heterocycles. The average Bonchev–Trinajstić information content (AvgIpc) is 2.19. The van der Waals surface area contributed by atoms with Gasteiger partial charge in [-0.25, -0.2) is 0 Å². The third-order valence-corrected chi connectivity index (χ3v) is 1.79. The predicted molar refractivity (Wildman–Crippen MR) is 38.6 cm³/mol. The largest absolute Gasteiger partial charge is 0.387 e. The van der Waals surface area contributed by atoms with Crippen LogP contribution in [0.25, 0.3) is 0 Å². The maximum absolute atomic E-state index is 9.13. The fourth-order valence-corrected chi connectivity index (χ4v) is 1.15. The molecule has 1 aliphatic rings. The highest BCUT2D eigenvalue weighted by molar-refractivity contribution is 7.09. The van der Waals surface area contributed by atoms with E-state index in [1.807, 2.05) is 9.47 Å². The molecule has 0 saturated carbocycles. The minimum absolute atomic E-state index is 0.125. The van der Waals surface area contributed by atoms with Crippen LogP contribution in [0.5, 0.6) is 0 Å². The Balaban J connectivity index is 2.45. The van der Waals surface area contributed by atoms with Crippen molar-refractivity contribution < 1.29 is 24.6 Å². The molecule has 5 nitrogen and oxygen atoms in total. The highest BCUT2D eigenvalue weighted by Gasteiger charge is 2.41. The summed E-state index contributed by atoms with van der Waals surface area (Å²) in [6, 6.07) is 0. The Labute approximate surface area is 66.2 Å². The van der Waals surface area contributed by atoms with E-state index in [1.54, 1.807) is 0 Å². The van der Waals surface area contributed by atoms with Crippen molar-refractivity contribution in [3.05, 3.63) is 0 Å². The first-order valence-corrected chi connectivity index (χ1v) is 3.65. The molecule has 1 saturated heterocycles. The first-order valence-electron chi connectivity index (χ1n) is 3.18. The van der Waals surface area contributed by atoms with Gasteiger partial charge in [0.25, 0.3) is 0 Å². The van der Waals surface area contributed by atoms with Gasteiger partial charge in [-0.05, 0) is 0 Å². The zero-order chi connectivity index (χ0) is 8.43. The zero-order valence-corrected chi connectivity index (χ0v) is 6.91. The van der Waals surface area contributed by atoms with E-state index in [0.717, 1.165) is 0 Å². The smallest absolute Gasteiger partial charge is 0.184 e. The summed E-state index contributed by atoms with van der Waals surface area (Å²) in [6.45, 7) is 0.125. The molecule has 0 radical (unpaired) electrons. The fourth-order valence-electron chi connectivity index (χ4n) is 0.961. The molecule has 0 aromatic rings. The third-order valence-electron chi connectivity index (χ3n) is 1.60. The molecule has 1 aliphatic heterocycles. The summed E-state index contributed by atoms with van der Waals surface area (Å²) in [5.41, 5.74) is 0. The molecule has 1 rings (SSSR count). The van der Waals surface area contributed by atoms with Crippen LogP contribution in [0.3, 0.4) is 0 Å². The van der Waals surface area contributed by atoms with Crippen LogP contribution >= 0.6 is 9.47 Å². The summed E-state index contributed by atoms with van der Waals surface area (Å²) in [7, 11) is 1.99. The van der Waals surface area contributed by atoms with Gasteiger partial charge >= 0.3 is 0 Å². The number of rotatable bonds is 2. The first kappa shape index (κ1) is 9.32. The molecule has 6 heteroatoms. The van der Waals surface area contributed by atoms with E-state index in [2.05, 4.69) is 4.52 Å². The Kier molecular flexibility index (Phi) is 3.18. The SMILES string of the molecule is OC1O[C@H](COP)[C@@H](O)[C@@H]1O. The molecular formula is C5H11O5P. The van der Waals surface area contributed by atoms with Gasteiger partial charge in [0.2, 0.25) is 0 Å². The van der Waals surface area contributed by atoms with Crippen LogP contribution < -0.4 is 0 Å². The lowest BCUT2D eigenvalue weighted by molar-refractivity contribution is -0.131. The van der Waals surface area contributed by atoms with Gasteiger partial charge in [-0.1, -0.05) is 0 Å². The van der Waals surface area contributed by atoms with E-state index >= 15 is 0 Å². The lowest BCUT2D eigenvalue weighted by Gasteiger charge is -2.11. The Morgan fingerprint density at radius 2 is 1.91 bits per heavy atom. The van der Waals surface area contributed by atoms with Crippen molar-refractivity contribution in [3.8, 4) is 0 Å². The lowest BCUT2D eigenvalue weighted by atomic mass is 10.1. The van der Waals surface area contributed by atoms with Crippen LogP contribution in [-0.4, -0.2) is 46.5 Å². The number of aliphatic hydroxyl groups is 3. The van der Waals surface area contributed by atoms with Gasteiger partial charge in [0.15, 0.2) is 6.29 Å². The number of hydrogen-bond donors (Lipinski definition) is 3. The number of hydrogen-bond acceptors (Lipinski definition) is 5. The minimum Gasteiger partial charge on any atom is -0.387 e. The standard InChI is InChI=1S/C5H11O5P/c6-3-2(1-9-11)10-5(8)4(3)7/h2-8H,1,11H2/t2-,3-,4+,5?/m1/s1. The summed E-state index contributed by atoms with van der Waals surface area (Å²) < 4.78 is 9.35. The van der Waals surface area contributed by atoms with E-state index in [0.29, 0.717) is 0 Å². The molecule has 3 N–H and O–H groups in total. The monoisotopic (exact) mass is 182 g/mol. The molecule has 0 bridgehead atoms. The van der Waals surface area contributed by atoms with Gasteiger partial charge in [-0.3, -0.25) is 0 Å². The first-order chi connectivity index (χ1) is 5.16. The molecule has 66 valence electrons. The topological polar surface area (TPSA) is 79.2 Å². The van der Waals surface area contributed by atoms with Gasteiger partial charge in [0.05, 0.1) is 6.61 Å². The molecule has 1 fully saturated rings. The summed E-state index contributed by atoms with van der Waals surface area (Å²) >= 11 is 0. The lowest BCUT2D eigenvalue weighted by Crippen LogP contribution is -2.33. The van der Waals surface area contributed by atoms with Crippen molar-refractivity contribution in [1.29, 1.82) is 0 Å². The second kappa shape index (κ2) is 3.76. The Morgan fingerprint density at radius 3 is 2.27 bits per heavy atom. The average molecular weight is 182 g/mol. The summed E-state index contributed by atoms with van der Waals surface area (Å²) in [4.78, 5) is 0. The second-order valence-electron chi connectivity index (χ2n) is 2.38. The van der Waals surface area contributed by atoms with Gasteiger partial charge in [0.1, 0.15) is 18.3 Å². The van der Waals surface area contributed by atoms with E-state index in [1.165, 1.54) is 0 Å². The van der Waals surface area contributed by atoms with Crippen LogP contribution in [0, 0.1) is 0 Å². The second-order valence-corrected chi connectivity index (χ2v) is 2.71. The van der Waals surface area contributed by atoms with E-state index in [-0.39, 0.29) is 6.61 Å². The molecule has 0 aliphatic carbocycles. The van der Waals surface area contributed by atoms with Crippen molar-refractivity contribution in [2.75, 3.05) is 6.61 Å². The van der Waals surface area contributed by atoms with Crippen LogP contribution in [0.15, 0.2) is 0 Å². The molecular weight excluding hydrogens is 171 g/mol. The van der Waals surface area contributed by atoms with Crippen LogP contribution in [0.4, 0.5) is 0 Å². The van der Waals surface area contributed by atoms with Gasteiger partial charge < -0.3 is 24.6 Å². The van der Waals surface area contributed by atoms with Crippen molar-refractivity contribution in [3.63, 3.8) is 0 Å². The van der Waals surface area contributed by atoms with Gasteiger partial charge in [-0.2, -0.15) is 0 Å². The van der Waals surface area contributed by atoms with Crippen molar-refractivity contribution >= 4 is 9.47 Å². The quantitative estimate of drug-likeness (QED) is 0.440. The fraction of sp³-hybridized carbons (Fsp3) is 1.00. The van der Waals surface area contributed by atoms with E-state index in [4.69, 9.17) is 20.1 Å². The molecule has 0 spiro atoms. The Hall–Kier alpha value is 0.230. The maximum atomic E-state index is 9.13. The molecule has 2 unspecified atom stereocenters. The Bertz CT molecular complexity index is 132. The minimum atomic E-state index is -1.31. The van der Waals surface area contributed by atoms with Crippen molar-refractivity contribution in [1.82, 2.24) is 0 Å². The van der Waals surface area contributed by atoms with Gasteiger partial charge in [-0.15, -0.1) is 0 Å². The summed E-state index contributed by atoms with van der Waals surface area (Å²) in [5.74, 6) is 0. The van der Waals surface area contributed by atoms with Crippen molar-refractivity contribution in [2.45, 2.75) is 24.6 Å². The number of ether oxygens (including phenoxy) is 1. The Morgan fingerprint density at radius 1 is 1.27 bits per heavy atom. The van der Waals surface area contributed by atoms with Crippen LogP contribution in [0.1, 0.15) is 0 Å².